The summed E-state index contributed by atoms with van der Waals surface area (Å²) < 4.78 is 10.3. The van der Waals surface area contributed by atoms with Gasteiger partial charge in [-0.3, -0.25) is 4.79 Å². The molecular formula is C29H26N4O3. The monoisotopic (exact) mass is 478 g/mol. The number of hydrogen-bond acceptors (Lipinski definition) is 4. The summed E-state index contributed by atoms with van der Waals surface area (Å²) in [5.74, 6) is -0.249. The third-order valence-corrected chi connectivity index (χ3v) is 9.43. The van der Waals surface area contributed by atoms with Gasteiger partial charge in [-0.1, -0.05) is 36.4 Å². The molecule has 1 saturated carbocycles. The first kappa shape index (κ1) is 20.4. The van der Waals surface area contributed by atoms with Crippen LogP contribution in [0.25, 0.3) is 43.6 Å². The van der Waals surface area contributed by atoms with Gasteiger partial charge in [0, 0.05) is 45.2 Å². The fourth-order valence-corrected chi connectivity index (χ4v) is 8.07. The van der Waals surface area contributed by atoms with Crippen molar-refractivity contribution < 1.29 is 14.3 Å². The molecule has 36 heavy (non-hydrogen) atoms. The number of methoxy groups -OCH3 is 1. The number of hydrogen-bond donors (Lipinski definition) is 2. The lowest BCUT2D eigenvalue weighted by Gasteiger charge is -2.43. The average molecular weight is 479 g/mol. The van der Waals surface area contributed by atoms with E-state index in [1.807, 2.05) is 13.1 Å². The van der Waals surface area contributed by atoms with Crippen LogP contribution in [0.15, 0.2) is 48.5 Å². The Morgan fingerprint density at radius 1 is 1.03 bits per heavy atom. The van der Waals surface area contributed by atoms with Crippen LogP contribution in [0.1, 0.15) is 41.7 Å². The predicted octanol–water partition coefficient (Wildman–Crippen LogP) is 4.34. The molecule has 1 amide bonds. The highest BCUT2D eigenvalue weighted by molar-refractivity contribution is 6.31. The highest BCUT2D eigenvalue weighted by Crippen LogP contribution is 2.59. The van der Waals surface area contributed by atoms with Gasteiger partial charge in [-0.2, -0.15) is 0 Å². The van der Waals surface area contributed by atoms with Crippen LogP contribution in [-0.2, 0) is 21.6 Å². The molecular weight excluding hydrogens is 452 g/mol. The third kappa shape index (κ3) is 1.93. The van der Waals surface area contributed by atoms with Crippen molar-refractivity contribution in [1.29, 1.82) is 0 Å². The molecule has 4 heterocycles. The summed E-state index contributed by atoms with van der Waals surface area (Å²) in [6, 6.07) is 16.8. The number of likely N-dealkylation sites (N-methyl/N-ethyl adjacent to an activating group) is 1. The molecule has 7 heteroatoms. The van der Waals surface area contributed by atoms with E-state index in [-0.39, 0.29) is 17.9 Å². The predicted molar refractivity (Wildman–Crippen MR) is 139 cm³/mol. The molecule has 1 aliphatic carbocycles. The van der Waals surface area contributed by atoms with Gasteiger partial charge in [0.05, 0.1) is 29.2 Å². The number of benzene rings is 3. The van der Waals surface area contributed by atoms with Crippen molar-refractivity contribution in [2.75, 3.05) is 14.2 Å². The summed E-state index contributed by atoms with van der Waals surface area (Å²) in [6.45, 7) is 2.70. The van der Waals surface area contributed by atoms with Crippen molar-refractivity contribution in [3.8, 4) is 0 Å². The first-order valence-corrected chi connectivity index (χ1v) is 12.5. The Balaban J connectivity index is 1.72. The Hall–Kier alpha value is -3.84. The number of carbonyl (C=O) groups is 2. The van der Waals surface area contributed by atoms with E-state index in [2.05, 4.69) is 69.2 Å². The minimum Gasteiger partial charge on any atom is -0.468 e. The Kier molecular flexibility index (Phi) is 3.55. The second-order valence-corrected chi connectivity index (χ2v) is 10.7. The minimum atomic E-state index is -0.913. The molecule has 3 aromatic carbocycles. The molecule has 1 fully saturated rings. The van der Waals surface area contributed by atoms with Crippen molar-refractivity contribution in [2.24, 2.45) is 0 Å². The number of fused-ring (bicyclic) bond motifs is 13. The lowest BCUT2D eigenvalue weighted by Crippen LogP contribution is -2.63. The minimum absolute atomic E-state index is 0.00798. The van der Waals surface area contributed by atoms with Crippen LogP contribution < -0.4 is 10.6 Å². The maximum absolute atomic E-state index is 13.6. The SMILES string of the molecule is CN[C@]1(C(=O)OC)C[C@H]2C[C@]1(C)n1c3ccccc3c3c4c(c5c6ccccc6n2c5c31)C(=O)NC4. The van der Waals surface area contributed by atoms with Gasteiger partial charge in [0.25, 0.3) is 5.91 Å². The molecule has 5 aromatic rings. The number of aromatic nitrogens is 2. The summed E-state index contributed by atoms with van der Waals surface area (Å²) in [7, 11) is 3.35. The number of nitrogens with zero attached hydrogens (tertiary/aromatic N) is 2. The zero-order valence-corrected chi connectivity index (χ0v) is 20.4. The van der Waals surface area contributed by atoms with Gasteiger partial charge < -0.3 is 24.5 Å². The van der Waals surface area contributed by atoms with Gasteiger partial charge in [-0.15, -0.1) is 0 Å². The normalized spacial score (nSPS) is 26.3. The number of nitrogens with one attached hydrogen (secondary N) is 2. The molecule has 180 valence electrons. The molecule has 8 rings (SSSR count). The van der Waals surface area contributed by atoms with Gasteiger partial charge >= 0.3 is 5.97 Å². The Morgan fingerprint density at radius 3 is 2.44 bits per heavy atom. The third-order valence-electron chi connectivity index (χ3n) is 9.43. The van der Waals surface area contributed by atoms with E-state index in [9.17, 15) is 9.59 Å². The fourth-order valence-electron chi connectivity index (χ4n) is 8.07. The maximum Gasteiger partial charge on any atom is 0.328 e. The lowest BCUT2D eigenvalue weighted by atomic mass is 9.80. The first-order valence-electron chi connectivity index (χ1n) is 12.5. The summed E-state index contributed by atoms with van der Waals surface area (Å²) in [4.78, 5) is 27.0. The molecule has 3 aliphatic rings. The zero-order valence-electron chi connectivity index (χ0n) is 20.4. The molecule has 2 aromatic heterocycles. The largest absolute Gasteiger partial charge is 0.468 e. The van der Waals surface area contributed by atoms with E-state index in [0.29, 0.717) is 13.0 Å². The highest BCUT2D eigenvalue weighted by Gasteiger charge is 2.64. The van der Waals surface area contributed by atoms with Crippen molar-refractivity contribution in [2.45, 2.75) is 43.4 Å². The lowest BCUT2D eigenvalue weighted by molar-refractivity contribution is -0.152. The number of para-hydroxylation sites is 2. The molecule has 0 spiro atoms. The molecule has 0 unspecified atom stereocenters. The maximum atomic E-state index is 13.6. The second-order valence-electron chi connectivity index (χ2n) is 10.7. The van der Waals surface area contributed by atoms with E-state index in [4.69, 9.17) is 4.74 Å². The molecule has 2 bridgehead atoms. The number of carbonyl (C=O) groups excluding carboxylic acids is 2. The van der Waals surface area contributed by atoms with Gasteiger partial charge in [0.15, 0.2) is 0 Å². The standard InChI is InChI=1S/C29H26N4O3/c1-28-12-15(13-29(28,30-2)27(35)36-3)32-19-10-6-4-8-16(19)22-23-18(14-31-26(23)34)21-17-9-5-7-11-20(17)33(28)25(21)24(22)32/h4-11,15,30H,12-14H2,1-3H3,(H,31,34)/t15-,28+,29+/m1/s1. The molecule has 3 atom stereocenters. The average Bonchev–Trinajstić information content (AvgIpc) is 3.60. The Bertz CT molecular complexity index is 1850. The Morgan fingerprint density at radius 2 is 1.72 bits per heavy atom. The van der Waals surface area contributed by atoms with Crippen molar-refractivity contribution >= 4 is 55.5 Å². The Labute approximate surface area is 207 Å². The van der Waals surface area contributed by atoms with Crippen LogP contribution >= 0.6 is 0 Å². The molecule has 7 nitrogen and oxygen atoms in total. The van der Waals surface area contributed by atoms with Crippen LogP contribution in [0.5, 0.6) is 0 Å². The quantitative estimate of drug-likeness (QED) is 0.370. The highest BCUT2D eigenvalue weighted by atomic mass is 16.5. The van der Waals surface area contributed by atoms with Crippen LogP contribution in [0, 0.1) is 0 Å². The van der Waals surface area contributed by atoms with E-state index in [0.717, 1.165) is 61.2 Å². The van der Waals surface area contributed by atoms with Crippen LogP contribution in [0.3, 0.4) is 0 Å². The van der Waals surface area contributed by atoms with Crippen LogP contribution in [0.2, 0.25) is 0 Å². The number of rotatable bonds is 2. The summed E-state index contributed by atoms with van der Waals surface area (Å²) in [5, 5.41) is 10.9. The van der Waals surface area contributed by atoms with E-state index >= 15 is 0 Å². The fraction of sp³-hybridized carbons (Fsp3) is 0.310. The topological polar surface area (TPSA) is 77.3 Å². The number of amides is 1. The van der Waals surface area contributed by atoms with Gasteiger partial charge in [-0.05, 0) is 44.5 Å². The smallest absolute Gasteiger partial charge is 0.328 e. The van der Waals surface area contributed by atoms with Crippen molar-refractivity contribution in [1.82, 2.24) is 19.8 Å². The molecule has 0 saturated heterocycles. The van der Waals surface area contributed by atoms with Gasteiger partial charge in [0.1, 0.15) is 5.54 Å². The van der Waals surface area contributed by atoms with Crippen LogP contribution in [-0.4, -0.2) is 40.7 Å². The van der Waals surface area contributed by atoms with E-state index in [1.54, 1.807) is 0 Å². The zero-order chi connectivity index (χ0) is 24.6. The molecule has 2 aliphatic heterocycles. The van der Waals surface area contributed by atoms with Crippen LogP contribution in [0.4, 0.5) is 0 Å². The van der Waals surface area contributed by atoms with Crippen molar-refractivity contribution in [3.63, 3.8) is 0 Å². The molecule has 2 N–H and O–H groups in total. The number of ether oxygens (including phenoxy) is 1. The van der Waals surface area contributed by atoms with Crippen molar-refractivity contribution in [3.05, 3.63) is 59.7 Å². The second kappa shape index (κ2) is 6.28. The number of esters is 1. The van der Waals surface area contributed by atoms with E-state index in [1.165, 1.54) is 7.11 Å². The summed E-state index contributed by atoms with van der Waals surface area (Å²) >= 11 is 0. The summed E-state index contributed by atoms with van der Waals surface area (Å²) in [5.41, 5.74) is 4.71. The van der Waals surface area contributed by atoms with Gasteiger partial charge in [-0.25, -0.2) is 4.79 Å². The van der Waals surface area contributed by atoms with Gasteiger partial charge in [0.2, 0.25) is 0 Å². The molecule has 0 radical (unpaired) electrons. The van der Waals surface area contributed by atoms with E-state index < -0.39 is 11.1 Å². The summed E-state index contributed by atoms with van der Waals surface area (Å²) in [6.07, 6.45) is 1.35. The first-order chi connectivity index (χ1) is 17.5.